The number of nitrogens with one attached hydrogen (secondary N) is 2. The molecule has 0 saturated carbocycles. The molecule has 94 valence electrons. The molecular weight excluding hydrogens is 223 g/mol. The highest BCUT2D eigenvalue weighted by molar-refractivity contribution is 5.80. The number of ether oxygens (including phenoxy) is 1. The first-order valence-electron chi connectivity index (χ1n) is 5.39. The van der Waals surface area contributed by atoms with Gasteiger partial charge in [-0.05, 0) is 18.6 Å². The molecule has 0 bridgehead atoms. The normalized spacial score (nSPS) is 10.1. The van der Waals surface area contributed by atoms with Gasteiger partial charge in [0.25, 0.3) is 0 Å². The van der Waals surface area contributed by atoms with E-state index in [-0.39, 0.29) is 18.3 Å². The highest BCUT2D eigenvalue weighted by Crippen LogP contribution is 2.16. The van der Waals surface area contributed by atoms with Gasteiger partial charge in [0.15, 0.2) is 0 Å². The smallest absolute Gasteiger partial charge is 0.239 e. The van der Waals surface area contributed by atoms with Crippen LogP contribution in [0.2, 0.25) is 0 Å². The zero-order valence-corrected chi connectivity index (χ0v) is 10.0. The highest BCUT2D eigenvalue weighted by atomic mass is 19.1. The summed E-state index contributed by atoms with van der Waals surface area (Å²) in [6, 6.07) is 5.02. The molecule has 1 amide bonds. The van der Waals surface area contributed by atoms with Gasteiger partial charge in [-0.1, -0.05) is 12.1 Å². The molecule has 0 fully saturated rings. The molecule has 0 spiro atoms. The number of methoxy groups -OCH3 is 1. The van der Waals surface area contributed by atoms with Crippen LogP contribution in [0.1, 0.15) is 5.56 Å². The van der Waals surface area contributed by atoms with Crippen molar-refractivity contribution in [2.45, 2.75) is 6.92 Å². The molecular formula is C12H17FN2O2. The van der Waals surface area contributed by atoms with Crippen molar-refractivity contribution in [2.24, 2.45) is 0 Å². The number of hydrogen-bond donors (Lipinski definition) is 2. The lowest BCUT2D eigenvalue weighted by atomic mass is 10.2. The van der Waals surface area contributed by atoms with E-state index in [0.717, 1.165) is 0 Å². The van der Waals surface area contributed by atoms with E-state index in [0.29, 0.717) is 24.4 Å². The minimum atomic E-state index is -0.322. The molecule has 0 aliphatic carbocycles. The fraction of sp³-hybridized carbons (Fsp3) is 0.417. The van der Waals surface area contributed by atoms with Crippen molar-refractivity contribution in [3.05, 3.63) is 29.6 Å². The molecule has 1 aromatic rings. The second-order valence-corrected chi connectivity index (χ2v) is 3.63. The maximum absolute atomic E-state index is 13.5. The topological polar surface area (TPSA) is 50.4 Å². The van der Waals surface area contributed by atoms with Crippen molar-refractivity contribution in [3.63, 3.8) is 0 Å². The largest absolute Gasteiger partial charge is 0.383 e. The number of rotatable bonds is 6. The lowest BCUT2D eigenvalue weighted by Gasteiger charge is -2.09. The number of hydrogen-bond acceptors (Lipinski definition) is 3. The first-order chi connectivity index (χ1) is 8.15. The monoisotopic (exact) mass is 240 g/mol. The number of anilines is 1. The van der Waals surface area contributed by atoms with E-state index in [1.54, 1.807) is 32.2 Å². The number of carbonyl (C=O) groups excluding carboxylic acids is 1. The van der Waals surface area contributed by atoms with Crippen molar-refractivity contribution in [1.82, 2.24) is 5.32 Å². The van der Waals surface area contributed by atoms with Crippen LogP contribution >= 0.6 is 0 Å². The van der Waals surface area contributed by atoms with Gasteiger partial charge in [-0.25, -0.2) is 4.39 Å². The van der Waals surface area contributed by atoms with E-state index in [1.807, 2.05) is 0 Å². The Morgan fingerprint density at radius 1 is 1.47 bits per heavy atom. The average molecular weight is 240 g/mol. The van der Waals surface area contributed by atoms with Crippen LogP contribution in [-0.2, 0) is 9.53 Å². The van der Waals surface area contributed by atoms with Crippen molar-refractivity contribution in [3.8, 4) is 0 Å². The lowest BCUT2D eigenvalue weighted by molar-refractivity contribution is -0.119. The SMILES string of the molecule is COCCNC(=O)CNc1cccc(C)c1F. The molecule has 5 heteroatoms. The maximum Gasteiger partial charge on any atom is 0.239 e. The standard InChI is InChI=1S/C12H17FN2O2/c1-9-4-3-5-10(12(9)13)15-8-11(16)14-6-7-17-2/h3-5,15H,6-8H2,1-2H3,(H,14,16). The second-order valence-electron chi connectivity index (χ2n) is 3.63. The molecule has 1 rings (SSSR count). The molecule has 0 aromatic heterocycles. The Hall–Kier alpha value is -1.62. The van der Waals surface area contributed by atoms with E-state index in [9.17, 15) is 9.18 Å². The third-order valence-corrected chi connectivity index (χ3v) is 2.26. The summed E-state index contributed by atoms with van der Waals surface area (Å²) in [4.78, 5) is 11.3. The summed E-state index contributed by atoms with van der Waals surface area (Å²) in [6.45, 7) is 2.64. The maximum atomic E-state index is 13.5. The molecule has 0 atom stereocenters. The number of carbonyl (C=O) groups is 1. The van der Waals surface area contributed by atoms with E-state index in [1.165, 1.54) is 0 Å². The molecule has 2 N–H and O–H groups in total. The van der Waals surface area contributed by atoms with E-state index in [2.05, 4.69) is 10.6 Å². The summed E-state index contributed by atoms with van der Waals surface area (Å²) in [5.74, 6) is -0.514. The molecule has 0 unspecified atom stereocenters. The van der Waals surface area contributed by atoms with Crippen LogP contribution in [0.25, 0.3) is 0 Å². The lowest BCUT2D eigenvalue weighted by Crippen LogP contribution is -2.32. The van der Waals surface area contributed by atoms with Gasteiger partial charge < -0.3 is 15.4 Å². The predicted molar refractivity (Wildman–Crippen MR) is 64.5 cm³/mol. The van der Waals surface area contributed by atoms with Gasteiger partial charge >= 0.3 is 0 Å². The van der Waals surface area contributed by atoms with Crippen LogP contribution in [-0.4, -0.2) is 32.7 Å². The molecule has 0 saturated heterocycles. The van der Waals surface area contributed by atoms with Crippen molar-refractivity contribution in [2.75, 3.05) is 32.1 Å². The Morgan fingerprint density at radius 3 is 2.94 bits per heavy atom. The Morgan fingerprint density at radius 2 is 2.24 bits per heavy atom. The van der Waals surface area contributed by atoms with Gasteiger partial charge in [0.1, 0.15) is 5.82 Å². The first kappa shape index (κ1) is 13.4. The van der Waals surface area contributed by atoms with Crippen molar-refractivity contribution >= 4 is 11.6 Å². The van der Waals surface area contributed by atoms with E-state index >= 15 is 0 Å². The van der Waals surface area contributed by atoms with Gasteiger partial charge in [-0.3, -0.25) is 4.79 Å². The number of aryl methyl sites for hydroxylation is 1. The van der Waals surface area contributed by atoms with E-state index < -0.39 is 0 Å². The number of amides is 1. The quantitative estimate of drug-likeness (QED) is 0.737. The van der Waals surface area contributed by atoms with Crippen molar-refractivity contribution in [1.29, 1.82) is 0 Å². The fourth-order valence-electron chi connectivity index (χ4n) is 1.31. The fourth-order valence-corrected chi connectivity index (χ4v) is 1.31. The molecule has 0 heterocycles. The summed E-state index contributed by atoms with van der Waals surface area (Å²) >= 11 is 0. The number of halogens is 1. The van der Waals surface area contributed by atoms with Crippen LogP contribution in [0, 0.1) is 12.7 Å². The van der Waals surface area contributed by atoms with Gasteiger partial charge in [0, 0.05) is 13.7 Å². The van der Waals surface area contributed by atoms with Crippen molar-refractivity contribution < 1.29 is 13.9 Å². The van der Waals surface area contributed by atoms with Gasteiger partial charge in [-0.15, -0.1) is 0 Å². The Balaban J connectivity index is 2.39. The average Bonchev–Trinajstić information content (AvgIpc) is 2.31. The minimum absolute atomic E-state index is 0.0457. The van der Waals surface area contributed by atoms with Crippen LogP contribution in [0.3, 0.4) is 0 Å². The van der Waals surface area contributed by atoms with Gasteiger partial charge in [0.05, 0.1) is 18.8 Å². The third-order valence-electron chi connectivity index (χ3n) is 2.26. The van der Waals surface area contributed by atoms with Gasteiger partial charge in [0.2, 0.25) is 5.91 Å². The first-order valence-corrected chi connectivity index (χ1v) is 5.39. The summed E-state index contributed by atoms with van der Waals surface area (Å²) in [5, 5.41) is 5.39. The van der Waals surface area contributed by atoms with Crippen LogP contribution in [0.5, 0.6) is 0 Å². The van der Waals surface area contributed by atoms with Crippen LogP contribution in [0.4, 0.5) is 10.1 Å². The molecule has 0 aliphatic heterocycles. The summed E-state index contributed by atoms with van der Waals surface area (Å²) in [6.07, 6.45) is 0. The van der Waals surface area contributed by atoms with Gasteiger partial charge in [-0.2, -0.15) is 0 Å². The van der Waals surface area contributed by atoms with Crippen LogP contribution < -0.4 is 10.6 Å². The zero-order chi connectivity index (χ0) is 12.7. The second kappa shape index (κ2) is 6.85. The molecule has 4 nitrogen and oxygen atoms in total. The summed E-state index contributed by atoms with van der Waals surface area (Å²) < 4.78 is 18.3. The highest BCUT2D eigenvalue weighted by Gasteiger charge is 2.06. The predicted octanol–water partition coefficient (Wildman–Crippen LogP) is 1.31. The van der Waals surface area contributed by atoms with Crippen LogP contribution in [0.15, 0.2) is 18.2 Å². The number of benzene rings is 1. The third kappa shape index (κ3) is 4.40. The Bertz CT molecular complexity index is 383. The Kier molecular flexibility index (Phi) is 5.42. The minimum Gasteiger partial charge on any atom is -0.383 e. The summed E-state index contributed by atoms with van der Waals surface area (Å²) in [5.41, 5.74) is 0.890. The molecule has 0 aliphatic rings. The zero-order valence-electron chi connectivity index (χ0n) is 10.0. The Labute approximate surface area is 100 Å². The summed E-state index contributed by atoms with van der Waals surface area (Å²) in [7, 11) is 1.56. The molecule has 1 aromatic carbocycles. The molecule has 17 heavy (non-hydrogen) atoms. The van der Waals surface area contributed by atoms with E-state index in [4.69, 9.17) is 4.74 Å². The molecule has 0 radical (unpaired) electrons.